The van der Waals surface area contributed by atoms with Gasteiger partial charge in [0.25, 0.3) is 5.91 Å². The maximum Gasteiger partial charge on any atom is 0.254 e. The molecule has 1 N–H and O–H groups in total. The molecule has 1 aromatic carbocycles. The maximum atomic E-state index is 12.8. The Morgan fingerprint density at radius 1 is 1.33 bits per heavy atom. The molecule has 1 unspecified atom stereocenters. The predicted molar refractivity (Wildman–Crippen MR) is 94.7 cm³/mol. The second-order valence-electron chi connectivity index (χ2n) is 6.17. The molecule has 1 heterocycles. The van der Waals surface area contributed by atoms with Crippen molar-refractivity contribution in [2.75, 3.05) is 32.7 Å². The van der Waals surface area contributed by atoms with E-state index < -0.39 is 10.0 Å². The molecule has 1 atom stereocenters. The van der Waals surface area contributed by atoms with Crippen LogP contribution >= 0.6 is 0 Å². The van der Waals surface area contributed by atoms with Crippen molar-refractivity contribution in [1.82, 2.24) is 14.5 Å². The molecule has 134 valence electrons. The van der Waals surface area contributed by atoms with E-state index in [4.69, 9.17) is 0 Å². The zero-order valence-corrected chi connectivity index (χ0v) is 15.7. The van der Waals surface area contributed by atoms with Crippen LogP contribution in [-0.2, 0) is 10.0 Å². The number of hydrogen-bond acceptors (Lipinski definition) is 4. The van der Waals surface area contributed by atoms with Crippen LogP contribution in [0.5, 0.6) is 0 Å². The van der Waals surface area contributed by atoms with E-state index >= 15 is 0 Å². The third kappa shape index (κ3) is 3.79. The number of rotatable bonds is 5. The molecular formula is C17H27N3O3S. The normalized spacial score (nSPS) is 18.9. The fourth-order valence-electron chi connectivity index (χ4n) is 2.99. The molecule has 1 amide bonds. The van der Waals surface area contributed by atoms with Gasteiger partial charge in [0.1, 0.15) is 0 Å². The minimum absolute atomic E-state index is 0.0996. The van der Waals surface area contributed by atoms with Crippen molar-refractivity contribution in [2.45, 2.75) is 38.6 Å². The topological polar surface area (TPSA) is 69.7 Å². The van der Waals surface area contributed by atoms with Crippen LogP contribution in [0.1, 0.15) is 36.7 Å². The summed E-state index contributed by atoms with van der Waals surface area (Å²) in [5, 5.41) is 3.30. The number of sulfonamides is 1. The standard InChI is InChI=1S/C17H27N3O3S/c1-5-20(6-2)24(22,23)15-8-7-13(3)16(11-15)17(21)19-10-9-18-14(4)12-19/h7-8,11,14,18H,5-6,9-10,12H2,1-4H3. The van der Waals surface area contributed by atoms with Crippen molar-refractivity contribution in [2.24, 2.45) is 0 Å². The molecule has 0 aromatic heterocycles. The fourth-order valence-corrected chi connectivity index (χ4v) is 4.48. The van der Waals surface area contributed by atoms with E-state index in [1.165, 1.54) is 10.4 Å². The van der Waals surface area contributed by atoms with Crippen molar-refractivity contribution in [3.8, 4) is 0 Å². The summed E-state index contributed by atoms with van der Waals surface area (Å²) < 4.78 is 26.8. The van der Waals surface area contributed by atoms with Crippen LogP contribution in [0.4, 0.5) is 0 Å². The minimum atomic E-state index is -3.57. The quantitative estimate of drug-likeness (QED) is 0.870. The van der Waals surface area contributed by atoms with Crippen LogP contribution in [0.2, 0.25) is 0 Å². The summed E-state index contributed by atoms with van der Waals surface area (Å²) >= 11 is 0. The molecule has 2 rings (SSSR count). The van der Waals surface area contributed by atoms with Crippen LogP contribution in [0, 0.1) is 6.92 Å². The first-order chi connectivity index (χ1) is 11.3. The summed E-state index contributed by atoms with van der Waals surface area (Å²) in [6.07, 6.45) is 0. The molecule has 1 fully saturated rings. The van der Waals surface area contributed by atoms with Crippen LogP contribution in [0.3, 0.4) is 0 Å². The van der Waals surface area contributed by atoms with Crippen molar-refractivity contribution in [3.05, 3.63) is 29.3 Å². The first kappa shape index (κ1) is 18.9. The summed E-state index contributed by atoms with van der Waals surface area (Å²) in [5.41, 5.74) is 1.27. The highest BCUT2D eigenvalue weighted by atomic mass is 32.2. The van der Waals surface area contributed by atoms with E-state index in [-0.39, 0.29) is 16.8 Å². The minimum Gasteiger partial charge on any atom is -0.336 e. The number of piperazine rings is 1. The number of nitrogens with zero attached hydrogens (tertiary/aromatic N) is 2. The Balaban J connectivity index is 2.37. The maximum absolute atomic E-state index is 12.8. The van der Waals surface area contributed by atoms with Gasteiger partial charge in [-0.2, -0.15) is 4.31 Å². The van der Waals surface area contributed by atoms with Gasteiger partial charge in [-0.15, -0.1) is 0 Å². The first-order valence-corrected chi connectivity index (χ1v) is 9.88. The third-order valence-electron chi connectivity index (χ3n) is 4.44. The van der Waals surface area contributed by atoms with Crippen molar-refractivity contribution >= 4 is 15.9 Å². The Morgan fingerprint density at radius 3 is 2.58 bits per heavy atom. The Labute approximate surface area is 144 Å². The Bertz CT molecular complexity index is 699. The largest absolute Gasteiger partial charge is 0.336 e. The second kappa shape index (κ2) is 7.63. The highest BCUT2D eigenvalue weighted by molar-refractivity contribution is 7.89. The van der Waals surface area contributed by atoms with E-state index in [9.17, 15) is 13.2 Å². The van der Waals surface area contributed by atoms with Gasteiger partial charge < -0.3 is 10.2 Å². The van der Waals surface area contributed by atoms with Gasteiger partial charge in [-0.1, -0.05) is 19.9 Å². The van der Waals surface area contributed by atoms with Crippen LogP contribution in [0.15, 0.2) is 23.1 Å². The molecule has 0 aliphatic carbocycles. The molecule has 1 aromatic rings. The Kier molecular flexibility index (Phi) is 6.01. The number of aryl methyl sites for hydroxylation is 1. The lowest BCUT2D eigenvalue weighted by Crippen LogP contribution is -2.51. The van der Waals surface area contributed by atoms with Gasteiger partial charge in [-0.3, -0.25) is 4.79 Å². The molecule has 0 radical (unpaired) electrons. The number of hydrogen-bond donors (Lipinski definition) is 1. The second-order valence-corrected chi connectivity index (χ2v) is 8.11. The van der Waals surface area contributed by atoms with Gasteiger partial charge in [0.15, 0.2) is 0 Å². The SMILES string of the molecule is CCN(CC)S(=O)(=O)c1ccc(C)c(C(=O)N2CCNC(C)C2)c1. The van der Waals surface area contributed by atoms with Crippen molar-refractivity contribution < 1.29 is 13.2 Å². The summed E-state index contributed by atoms with van der Waals surface area (Å²) in [6, 6.07) is 5.07. The summed E-state index contributed by atoms with van der Waals surface area (Å²) in [4.78, 5) is 14.8. The van der Waals surface area contributed by atoms with E-state index in [2.05, 4.69) is 5.32 Å². The lowest BCUT2D eigenvalue weighted by molar-refractivity contribution is 0.0708. The number of benzene rings is 1. The summed E-state index contributed by atoms with van der Waals surface area (Å²) in [5.74, 6) is -0.0996. The van der Waals surface area contributed by atoms with Gasteiger partial charge in [-0.05, 0) is 31.5 Å². The van der Waals surface area contributed by atoms with Crippen LogP contribution < -0.4 is 5.32 Å². The summed E-state index contributed by atoms with van der Waals surface area (Å²) in [6.45, 7) is 10.3. The van der Waals surface area contributed by atoms with E-state index in [0.29, 0.717) is 31.7 Å². The Hall–Kier alpha value is -1.44. The van der Waals surface area contributed by atoms with E-state index in [0.717, 1.165) is 12.1 Å². The van der Waals surface area contributed by atoms with Crippen LogP contribution in [-0.4, -0.2) is 62.3 Å². The molecule has 6 nitrogen and oxygen atoms in total. The van der Waals surface area contributed by atoms with Gasteiger partial charge in [0.2, 0.25) is 10.0 Å². The molecule has 1 saturated heterocycles. The molecule has 7 heteroatoms. The molecule has 0 spiro atoms. The average Bonchev–Trinajstić information content (AvgIpc) is 2.55. The zero-order valence-electron chi connectivity index (χ0n) is 14.9. The zero-order chi connectivity index (χ0) is 17.9. The summed E-state index contributed by atoms with van der Waals surface area (Å²) in [7, 11) is -3.57. The smallest absolute Gasteiger partial charge is 0.254 e. The lowest BCUT2D eigenvalue weighted by atomic mass is 10.1. The third-order valence-corrected chi connectivity index (χ3v) is 6.48. The molecule has 1 aliphatic rings. The van der Waals surface area contributed by atoms with Gasteiger partial charge in [0, 0.05) is 44.3 Å². The molecule has 0 bridgehead atoms. The number of nitrogens with one attached hydrogen (secondary N) is 1. The van der Waals surface area contributed by atoms with Crippen LogP contribution in [0.25, 0.3) is 0 Å². The number of carbonyl (C=O) groups is 1. The van der Waals surface area contributed by atoms with Gasteiger partial charge in [-0.25, -0.2) is 8.42 Å². The lowest BCUT2D eigenvalue weighted by Gasteiger charge is -2.32. The predicted octanol–water partition coefficient (Wildman–Crippen LogP) is 1.46. The molecule has 0 saturated carbocycles. The van der Waals surface area contributed by atoms with Gasteiger partial charge in [0.05, 0.1) is 4.90 Å². The van der Waals surface area contributed by atoms with Gasteiger partial charge >= 0.3 is 0 Å². The van der Waals surface area contributed by atoms with E-state index in [1.54, 1.807) is 17.0 Å². The highest BCUT2D eigenvalue weighted by Crippen LogP contribution is 2.21. The number of carbonyl (C=O) groups excluding carboxylic acids is 1. The monoisotopic (exact) mass is 353 g/mol. The molecular weight excluding hydrogens is 326 g/mol. The highest BCUT2D eigenvalue weighted by Gasteiger charge is 2.26. The average molecular weight is 353 g/mol. The molecule has 24 heavy (non-hydrogen) atoms. The van der Waals surface area contributed by atoms with E-state index in [1.807, 2.05) is 27.7 Å². The van der Waals surface area contributed by atoms with Crippen molar-refractivity contribution in [3.63, 3.8) is 0 Å². The molecule has 1 aliphatic heterocycles. The fraction of sp³-hybridized carbons (Fsp3) is 0.588. The van der Waals surface area contributed by atoms with Crippen molar-refractivity contribution in [1.29, 1.82) is 0 Å². The number of amides is 1. The first-order valence-electron chi connectivity index (χ1n) is 8.44. The Morgan fingerprint density at radius 2 is 2.00 bits per heavy atom.